The summed E-state index contributed by atoms with van der Waals surface area (Å²) in [6.07, 6.45) is 11.0. The average Bonchev–Trinajstić information content (AvgIpc) is 2.87. The fourth-order valence-corrected chi connectivity index (χ4v) is 4.90. The van der Waals surface area contributed by atoms with Gasteiger partial charge in [-0.1, -0.05) is 65.9 Å². The van der Waals surface area contributed by atoms with E-state index < -0.39 is 0 Å². The van der Waals surface area contributed by atoms with Crippen molar-refractivity contribution in [3.63, 3.8) is 0 Å². The molecule has 0 atom stereocenters. The van der Waals surface area contributed by atoms with Crippen LogP contribution in [0.15, 0.2) is 24.3 Å². The molecule has 1 heterocycles. The van der Waals surface area contributed by atoms with Gasteiger partial charge in [-0.2, -0.15) is 0 Å². The Labute approximate surface area is 138 Å². The standard InChI is InChI=1S/C19H28BrN/c20-15-19(11-5-1-2-6-12-19)16-21-13-9-17-7-3-4-8-18(17)10-14-21/h3-4,7-8H,1-2,5-6,9-16H2. The van der Waals surface area contributed by atoms with E-state index in [0.717, 1.165) is 0 Å². The molecule has 1 aromatic rings. The minimum Gasteiger partial charge on any atom is -0.302 e. The summed E-state index contributed by atoms with van der Waals surface area (Å²) in [5.74, 6) is 0. The molecule has 1 nitrogen and oxygen atoms in total. The van der Waals surface area contributed by atoms with Crippen LogP contribution in [0.1, 0.15) is 49.7 Å². The van der Waals surface area contributed by atoms with Crippen molar-refractivity contribution in [3.8, 4) is 0 Å². The molecule has 0 radical (unpaired) electrons. The summed E-state index contributed by atoms with van der Waals surface area (Å²) in [7, 11) is 0. The minimum atomic E-state index is 0.535. The van der Waals surface area contributed by atoms with Gasteiger partial charge in [-0.3, -0.25) is 0 Å². The highest BCUT2D eigenvalue weighted by molar-refractivity contribution is 9.09. The van der Waals surface area contributed by atoms with E-state index in [1.165, 1.54) is 76.3 Å². The lowest BCUT2D eigenvalue weighted by atomic mass is 9.82. The highest BCUT2D eigenvalue weighted by Crippen LogP contribution is 2.37. The molecule has 1 fully saturated rings. The maximum Gasteiger partial charge on any atom is 0.0100 e. The normalized spacial score (nSPS) is 23.1. The fourth-order valence-electron chi connectivity index (χ4n) is 4.16. The van der Waals surface area contributed by atoms with E-state index in [0.29, 0.717) is 5.41 Å². The first-order chi connectivity index (χ1) is 10.3. The molecule has 1 aliphatic heterocycles. The maximum absolute atomic E-state index is 3.85. The molecule has 21 heavy (non-hydrogen) atoms. The van der Waals surface area contributed by atoms with Crippen LogP contribution in [0.2, 0.25) is 0 Å². The van der Waals surface area contributed by atoms with Gasteiger partial charge in [-0.15, -0.1) is 0 Å². The summed E-state index contributed by atoms with van der Waals surface area (Å²) >= 11 is 3.85. The van der Waals surface area contributed by atoms with Crippen molar-refractivity contribution in [2.45, 2.75) is 51.4 Å². The summed E-state index contributed by atoms with van der Waals surface area (Å²) in [6.45, 7) is 3.78. The maximum atomic E-state index is 3.85. The number of fused-ring (bicyclic) bond motifs is 1. The molecule has 1 aliphatic carbocycles. The molecule has 3 rings (SSSR count). The fraction of sp³-hybridized carbons (Fsp3) is 0.684. The van der Waals surface area contributed by atoms with E-state index in [2.05, 4.69) is 45.1 Å². The molecule has 1 saturated carbocycles. The Hall–Kier alpha value is -0.340. The highest BCUT2D eigenvalue weighted by atomic mass is 79.9. The van der Waals surface area contributed by atoms with Gasteiger partial charge in [-0.25, -0.2) is 0 Å². The molecule has 0 unspecified atom stereocenters. The summed E-state index contributed by atoms with van der Waals surface area (Å²) < 4.78 is 0. The molecule has 2 aliphatic rings. The van der Waals surface area contributed by atoms with E-state index in [9.17, 15) is 0 Å². The zero-order chi connectivity index (χ0) is 14.5. The molecule has 0 bridgehead atoms. The van der Waals surface area contributed by atoms with Crippen molar-refractivity contribution in [3.05, 3.63) is 35.4 Å². The van der Waals surface area contributed by atoms with Gasteiger partial charge in [0.05, 0.1) is 0 Å². The van der Waals surface area contributed by atoms with Crippen molar-refractivity contribution < 1.29 is 0 Å². The number of hydrogen-bond acceptors (Lipinski definition) is 1. The van der Waals surface area contributed by atoms with Crippen LogP contribution in [0.25, 0.3) is 0 Å². The molecule has 0 N–H and O–H groups in total. The van der Waals surface area contributed by atoms with Crippen molar-refractivity contribution >= 4 is 15.9 Å². The quantitative estimate of drug-likeness (QED) is 0.558. The van der Waals surface area contributed by atoms with Crippen LogP contribution < -0.4 is 0 Å². The molecule has 116 valence electrons. The van der Waals surface area contributed by atoms with E-state index in [4.69, 9.17) is 0 Å². The Bertz CT molecular complexity index is 422. The van der Waals surface area contributed by atoms with Gasteiger partial charge < -0.3 is 4.90 Å². The molecule has 0 amide bonds. The monoisotopic (exact) mass is 349 g/mol. The topological polar surface area (TPSA) is 3.24 Å². The summed E-state index contributed by atoms with van der Waals surface area (Å²) in [5.41, 5.74) is 3.69. The number of benzene rings is 1. The van der Waals surface area contributed by atoms with Crippen LogP contribution in [-0.4, -0.2) is 29.9 Å². The molecular formula is C19H28BrN. The molecule has 0 spiro atoms. The van der Waals surface area contributed by atoms with E-state index in [-0.39, 0.29) is 0 Å². The lowest BCUT2D eigenvalue weighted by Crippen LogP contribution is -2.40. The Morgan fingerprint density at radius 1 is 0.905 bits per heavy atom. The first-order valence-corrected chi connectivity index (χ1v) is 9.79. The Kier molecular flexibility index (Phi) is 5.39. The summed E-state index contributed by atoms with van der Waals surface area (Å²) in [4.78, 5) is 2.74. The Balaban J connectivity index is 1.65. The van der Waals surface area contributed by atoms with Crippen LogP contribution in [-0.2, 0) is 12.8 Å². The minimum absolute atomic E-state index is 0.535. The van der Waals surface area contributed by atoms with Gasteiger partial charge in [0.2, 0.25) is 0 Å². The summed E-state index contributed by atoms with van der Waals surface area (Å²) in [6, 6.07) is 9.04. The third kappa shape index (κ3) is 3.90. The van der Waals surface area contributed by atoms with Gasteiger partial charge in [0.1, 0.15) is 0 Å². The van der Waals surface area contributed by atoms with E-state index in [1.807, 2.05) is 0 Å². The lowest BCUT2D eigenvalue weighted by Gasteiger charge is -2.36. The van der Waals surface area contributed by atoms with Crippen molar-refractivity contribution in [1.82, 2.24) is 4.90 Å². The van der Waals surface area contributed by atoms with Gasteiger partial charge >= 0.3 is 0 Å². The van der Waals surface area contributed by atoms with Gasteiger partial charge in [-0.05, 0) is 42.2 Å². The number of rotatable bonds is 3. The van der Waals surface area contributed by atoms with Gasteiger partial charge in [0.25, 0.3) is 0 Å². The largest absolute Gasteiger partial charge is 0.302 e. The van der Waals surface area contributed by atoms with Crippen molar-refractivity contribution in [1.29, 1.82) is 0 Å². The average molecular weight is 350 g/mol. The predicted octanol–water partition coefficient (Wildman–Crippen LogP) is 4.82. The first kappa shape index (κ1) is 15.6. The van der Waals surface area contributed by atoms with E-state index in [1.54, 1.807) is 11.1 Å². The Morgan fingerprint density at radius 2 is 1.48 bits per heavy atom. The van der Waals surface area contributed by atoms with Gasteiger partial charge in [0.15, 0.2) is 0 Å². The van der Waals surface area contributed by atoms with Crippen LogP contribution in [0, 0.1) is 5.41 Å². The van der Waals surface area contributed by atoms with Gasteiger partial charge in [0, 0.05) is 25.0 Å². The number of hydrogen-bond donors (Lipinski definition) is 0. The van der Waals surface area contributed by atoms with Crippen LogP contribution >= 0.6 is 15.9 Å². The molecular weight excluding hydrogens is 322 g/mol. The smallest absolute Gasteiger partial charge is 0.0100 e. The van der Waals surface area contributed by atoms with E-state index >= 15 is 0 Å². The molecule has 0 saturated heterocycles. The second-order valence-corrected chi connectivity index (χ2v) is 7.65. The zero-order valence-electron chi connectivity index (χ0n) is 13.1. The highest BCUT2D eigenvalue weighted by Gasteiger charge is 2.32. The lowest BCUT2D eigenvalue weighted by molar-refractivity contribution is 0.156. The predicted molar refractivity (Wildman–Crippen MR) is 94.2 cm³/mol. The third-order valence-electron chi connectivity index (χ3n) is 5.52. The first-order valence-electron chi connectivity index (χ1n) is 8.66. The van der Waals surface area contributed by atoms with Crippen LogP contribution in [0.4, 0.5) is 0 Å². The summed E-state index contributed by atoms with van der Waals surface area (Å²) in [5, 5.41) is 1.18. The zero-order valence-corrected chi connectivity index (χ0v) is 14.7. The molecule has 2 heteroatoms. The van der Waals surface area contributed by atoms with Crippen LogP contribution in [0.5, 0.6) is 0 Å². The number of alkyl halides is 1. The molecule has 0 aromatic heterocycles. The number of nitrogens with zero attached hydrogens (tertiary/aromatic N) is 1. The molecule has 1 aromatic carbocycles. The SMILES string of the molecule is BrCC1(CN2CCc3ccccc3CC2)CCCCCC1. The second-order valence-electron chi connectivity index (χ2n) is 7.09. The third-order valence-corrected chi connectivity index (χ3v) is 6.71. The van der Waals surface area contributed by atoms with Crippen LogP contribution in [0.3, 0.4) is 0 Å². The number of halogens is 1. The van der Waals surface area contributed by atoms with Crippen molar-refractivity contribution in [2.24, 2.45) is 5.41 Å². The Morgan fingerprint density at radius 3 is 2.00 bits per heavy atom. The van der Waals surface area contributed by atoms with Crippen molar-refractivity contribution in [2.75, 3.05) is 25.0 Å². The second kappa shape index (κ2) is 7.28.